The first-order valence-electron chi connectivity index (χ1n) is 8.50. The average Bonchev–Trinajstić information content (AvgIpc) is 2.90. The van der Waals surface area contributed by atoms with Crippen LogP contribution >= 0.6 is 0 Å². The summed E-state index contributed by atoms with van der Waals surface area (Å²) in [6, 6.07) is 0. The number of imidazole rings is 1. The minimum Gasteiger partial charge on any atom is -0.361 e. The van der Waals surface area contributed by atoms with Crippen LogP contribution in [-0.2, 0) is 5.54 Å². The fraction of sp³-hybridized carbons (Fsp3) is 0.706. The second-order valence-electron chi connectivity index (χ2n) is 8.02. The summed E-state index contributed by atoms with van der Waals surface area (Å²) in [5.41, 5.74) is 2.26. The molecule has 0 N–H and O–H groups in total. The van der Waals surface area contributed by atoms with Gasteiger partial charge in [-0.3, -0.25) is 0 Å². The Morgan fingerprint density at radius 2 is 1.64 bits per heavy atom. The van der Waals surface area contributed by atoms with E-state index < -0.39 is 0 Å². The van der Waals surface area contributed by atoms with E-state index in [0.717, 1.165) is 34.7 Å². The molecule has 4 bridgehead atoms. The van der Waals surface area contributed by atoms with E-state index >= 15 is 0 Å². The van der Waals surface area contributed by atoms with Crippen molar-refractivity contribution in [3.8, 4) is 0 Å². The van der Waals surface area contributed by atoms with Crippen molar-refractivity contribution in [3.05, 3.63) is 12.7 Å². The van der Waals surface area contributed by atoms with Crippen molar-refractivity contribution in [1.82, 2.24) is 19.5 Å². The number of rotatable bonds is 2. The lowest BCUT2D eigenvalue weighted by atomic mass is 9.53. The van der Waals surface area contributed by atoms with Crippen molar-refractivity contribution in [1.29, 1.82) is 0 Å². The van der Waals surface area contributed by atoms with Crippen molar-refractivity contribution in [2.45, 2.75) is 44.1 Å². The standard InChI is InChI=1S/C17H23N5/c1-21(2)15-14-16(19-9-18-15)22(10-20-14)17-6-11-3-12(7-17)5-13(4-11)8-17/h9-13H,3-8H2,1-2H3. The smallest absolute Gasteiger partial charge is 0.165 e. The van der Waals surface area contributed by atoms with Crippen LogP contribution in [0.1, 0.15) is 38.5 Å². The molecule has 2 heterocycles. The summed E-state index contributed by atoms with van der Waals surface area (Å²) in [6.45, 7) is 0. The van der Waals surface area contributed by atoms with Crippen LogP contribution in [0.15, 0.2) is 12.7 Å². The highest BCUT2D eigenvalue weighted by atomic mass is 15.2. The molecule has 0 amide bonds. The molecule has 4 fully saturated rings. The van der Waals surface area contributed by atoms with E-state index in [4.69, 9.17) is 4.98 Å². The summed E-state index contributed by atoms with van der Waals surface area (Å²) >= 11 is 0. The maximum Gasteiger partial charge on any atom is 0.165 e. The van der Waals surface area contributed by atoms with Gasteiger partial charge in [0.05, 0.1) is 6.33 Å². The Labute approximate surface area is 130 Å². The highest BCUT2D eigenvalue weighted by Crippen LogP contribution is 2.59. The number of aromatic nitrogens is 4. The molecule has 4 aliphatic rings. The van der Waals surface area contributed by atoms with Gasteiger partial charge in [0.2, 0.25) is 0 Å². The van der Waals surface area contributed by atoms with Crippen molar-refractivity contribution in [2.75, 3.05) is 19.0 Å². The third-order valence-electron chi connectivity index (χ3n) is 6.25. The van der Waals surface area contributed by atoms with Crippen LogP contribution in [0.3, 0.4) is 0 Å². The molecule has 0 atom stereocenters. The van der Waals surface area contributed by atoms with E-state index in [1.807, 2.05) is 25.3 Å². The zero-order valence-electron chi connectivity index (χ0n) is 13.4. The Bertz CT molecular complexity index is 696. The van der Waals surface area contributed by atoms with Gasteiger partial charge in [-0.25, -0.2) is 15.0 Å². The summed E-state index contributed by atoms with van der Waals surface area (Å²) in [5, 5.41) is 0. The summed E-state index contributed by atoms with van der Waals surface area (Å²) < 4.78 is 2.42. The predicted molar refractivity (Wildman–Crippen MR) is 85.8 cm³/mol. The van der Waals surface area contributed by atoms with Gasteiger partial charge in [0.1, 0.15) is 6.33 Å². The molecule has 5 nitrogen and oxygen atoms in total. The Morgan fingerprint density at radius 1 is 1.00 bits per heavy atom. The minimum absolute atomic E-state index is 0.279. The van der Waals surface area contributed by atoms with Crippen molar-refractivity contribution in [2.24, 2.45) is 17.8 Å². The Hall–Kier alpha value is -1.65. The van der Waals surface area contributed by atoms with Gasteiger partial charge in [-0.05, 0) is 56.3 Å². The molecule has 4 aliphatic carbocycles. The topological polar surface area (TPSA) is 46.8 Å². The Balaban J connectivity index is 1.67. The van der Waals surface area contributed by atoms with E-state index in [-0.39, 0.29) is 5.54 Å². The molecule has 2 aromatic rings. The highest BCUT2D eigenvalue weighted by Gasteiger charge is 2.52. The fourth-order valence-corrected chi connectivity index (χ4v) is 5.86. The third kappa shape index (κ3) is 1.62. The number of nitrogens with zero attached hydrogens (tertiary/aromatic N) is 5. The lowest BCUT2D eigenvalue weighted by Crippen LogP contribution is -2.51. The van der Waals surface area contributed by atoms with Crippen molar-refractivity contribution in [3.63, 3.8) is 0 Å². The Morgan fingerprint density at radius 3 is 2.23 bits per heavy atom. The second kappa shape index (κ2) is 4.21. The van der Waals surface area contributed by atoms with Gasteiger partial charge in [0, 0.05) is 19.6 Å². The maximum absolute atomic E-state index is 4.69. The predicted octanol–water partition coefficient (Wildman–Crippen LogP) is 2.82. The minimum atomic E-state index is 0.279. The molecule has 2 aromatic heterocycles. The lowest BCUT2D eigenvalue weighted by molar-refractivity contribution is -0.0412. The molecule has 4 saturated carbocycles. The second-order valence-corrected chi connectivity index (χ2v) is 8.02. The molecule has 6 rings (SSSR count). The van der Waals surface area contributed by atoms with Crippen molar-refractivity contribution < 1.29 is 0 Å². The monoisotopic (exact) mass is 297 g/mol. The Kier molecular flexibility index (Phi) is 2.46. The van der Waals surface area contributed by atoms with E-state index in [9.17, 15) is 0 Å². The van der Waals surface area contributed by atoms with Gasteiger partial charge in [0.25, 0.3) is 0 Å². The number of hydrogen-bond donors (Lipinski definition) is 0. The molecule has 0 aliphatic heterocycles. The summed E-state index contributed by atoms with van der Waals surface area (Å²) in [5.74, 6) is 3.71. The molecule has 22 heavy (non-hydrogen) atoms. The van der Waals surface area contributed by atoms with Gasteiger partial charge in [0.15, 0.2) is 17.0 Å². The summed E-state index contributed by atoms with van der Waals surface area (Å²) in [7, 11) is 4.04. The van der Waals surface area contributed by atoms with Gasteiger partial charge in [-0.1, -0.05) is 0 Å². The van der Waals surface area contributed by atoms with E-state index in [1.54, 1.807) is 6.33 Å². The van der Waals surface area contributed by atoms with Gasteiger partial charge in [-0.2, -0.15) is 0 Å². The first kappa shape index (κ1) is 12.9. The summed E-state index contributed by atoms with van der Waals surface area (Å²) in [6.07, 6.45) is 12.1. The van der Waals surface area contributed by atoms with E-state index in [0.29, 0.717) is 0 Å². The van der Waals surface area contributed by atoms with Crippen molar-refractivity contribution >= 4 is 17.0 Å². The maximum atomic E-state index is 4.69. The van der Waals surface area contributed by atoms with Crippen LogP contribution in [0.25, 0.3) is 11.2 Å². The largest absolute Gasteiger partial charge is 0.361 e. The normalized spacial score (nSPS) is 36.2. The number of anilines is 1. The van der Waals surface area contributed by atoms with E-state index in [1.165, 1.54) is 38.5 Å². The SMILES string of the molecule is CN(C)c1ncnc2c1ncn2C12CC3CC(CC(C3)C1)C2. The average molecular weight is 297 g/mol. The quantitative estimate of drug-likeness (QED) is 0.855. The number of fused-ring (bicyclic) bond motifs is 1. The third-order valence-corrected chi connectivity index (χ3v) is 6.25. The molecule has 0 spiro atoms. The molecule has 0 aromatic carbocycles. The summed E-state index contributed by atoms with van der Waals surface area (Å²) in [4.78, 5) is 15.7. The van der Waals surface area contributed by atoms with Gasteiger partial charge < -0.3 is 9.47 Å². The molecule has 116 valence electrons. The molecular formula is C17H23N5. The molecule has 5 heteroatoms. The van der Waals surface area contributed by atoms with Crippen LogP contribution in [0, 0.1) is 17.8 Å². The first-order valence-corrected chi connectivity index (χ1v) is 8.50. The fourth-order valence-electron chi connectivity index (χ4n) is 5.86. The molecule has 0 unspecified atom stereocenters. The zero-order valence-corrected chi connectivity index (χ0v) is 13.4. The van der Waals surface area contributed by atoms with Gasteiger partial charge >= 0.3 is 0 Å². The van der Waals surface area contributed by atoms with Crippen LogP contribution < -0.4 is 4.90 Å². The van der Waals surface area contributed by atoms with Gasteiger partial charge in [-0.15, -0.1) is 0 Å². The molecule has 0 saturated heterocycles. The van der Waals surface area contributed by atoms with Crippen LogP contribution in [-0.4, -0.2) is 33.6 Å². The molecular weight excluding hydrogens is 274 g/mol. The first-order chi connectivity index (χ1) is 10.6. The van der Waals surface area contributed by atoms with Crippen LogP contribution in [0.2, 0.25) is 0 Å². The molecule has 0 radical (unpaired) electrons. The zero-order chi connectivity index (χ0) is 14.9. The van der Waals surface area contributed by atoms with Crippen LogP contribution in [0.4, 0.5) is 5.82 Å². The number of hydrogen-bond acceptors (Lipinski definition) is 4. The van der Waals surface area contributed by atoms with E-state index in [2.05, 4.69) is 14.5 Å². The van der Waals surface area contributed by atoms with Crippen LogP contribution in [0.5, 0.6) is 0 Å². The lowest BCUT2D eigenvalue weighted by Gasteiger charge is -2.57. The highest BCUT2D eigenvalue weighted by molar-refractivity contribution is 5.83.